The van der Waals surface area contributed by atoms with Gasteiger partial charge in [-0.05, 0) is 42.2 Å². The largest absolute Gasteiger partial charge is 0.468 e. The maximum atomic E-state index is 14.0. The van der Waals surface area contributed by atoms with Crippen molar-refractivity contribution >= 4 is 40.8 Å². The molecule has 0 saturated carbocycles. The summed E-state index contributed by atoms with van der Waals surface area (Å²) in [6.07, 6.45) is 0. The average molecular weight is 480 g/mol. The number of esters is 1. The lowest BCUT2D eigenvalue weighted by molar-refractivity contribution is -0.137. The van der Waals surface area contributed by atoms with E-state index < -0.39 is 17.7 Å². The first-order valence-corrected chi connectivity index (χ1v) is 11.7. The summed E-state index contributed by atoms with van der Waals surface area (Å²) in [4.78, 5) is 27.2. The molecule has 2 rings (SSSR count). The normalized spacial score (nSPS) is 10.9. The van der Waals surface area contributed by atoms with Gasteiger partial charge in [0.25, 0.3) is 0 Å². The molecule has 2 aromatic rings. The highest BCUT2D eigenvalue weighted by molar-refractivity contribution is 8.00. The summed E-state index contributed by atoms with van der Waals surface area (Å²) in [6, 6.07) is 7.84. The molecular formula is C24H31F2N3O3S. The van der Waals surface area contributed by atoms with Gasteiger partial charge in [-0.3, -0.25) is 4.79 Å². The Morgan fingerprint density at radius 1 is 0.970 bits per heavy atom. The zero-order chi connectivity index (χ0) is 24.5. The average Bonchev–Trinajstić information content (AvgIpc) is 2.73. The van der Waals surface area contributed by atoms with E-state index in [1.165, 1.54) is 18.9 Å². The lowest BCUT2D eigenvalue weighted by Crippen LogP contribution is -2.32. The number of anilines is 3. The third kappa shape index (κ3) is 8.57. The van der Waals surface area contributed by atoms with Crippen LogP contribution in [0.4, 0.5) is 30.6 Å². The second-order valence-corrected chi connectivity index (χ2v) is 9.49. The predicted molar refractivity (Wildman–Crippen MR) is 130 cm³/mol. The fourth-order valence-electron chi connectivity index (χ4n) is 3.20. The molecule has 0 aromatic heterocycles. The van der Waals surface area contributed by atoms with Crippen LogP contribution >= 0.6 is 11.8 Å². The number of rotatable bonds is 10. The Bertz CT molecular complexity index is 960. The van der Waals surface area contributed by atoms with E-state index in [0.29, 0.717) is 23.6 Å². The Morgan fingerprint density at radius 2 is 1.61 bits per heavy atom. The van der Waals surface area contributed by atoms with Gasteiger partial charge in [-0.1, -0.05) is 27.7 Å². The molecule has 0 heterocycles. The third-order valence-corrected chi connectivity index (χ3v) is 5.46. The summed E-state index contributed by atoms with van der Waals surface area (Å²) < 4.78 is 31.8. The molecule has 0 radical (unpaired) electrons. The van der Waals surface area contributed by atoms with Gasteiger partial charge in [0.05, 0.1) is 29.9 Å². The quantitative estimate of drug-likeness (QED) is 0.323. The van der Waals surface area contributed by atoms with E-state index in [4.69, 9.17) is 4.74 Å². The molecule has 9 heteroatoms. The van der Waals surface area contributed by atoms with E-state index in [9.17, 15) is 18.4 Å². The van der Waals surface area contributed by atoms with Crippen molar-refractivity contribution in [3.05, 3.63) is 48.0 Å². The van der Waals surface area contributed by atoms with Crippen molar-refractivity contribution in [3.8, 4) is 0 Å². The van der Waals surface area contributed by atoms with Gasteiger partial charge in [-0.25, -0.2) is 13.6 Å². The fourth-order valence-corrected chi connectivity index (χ4v) is 3.97. The van der Waals surface area contributed by atoms with Gasteiger partial charge in [0.15, 0.2) is 0 Å². The lowest BCUT2D eigenvalue weighted by Gasteiger charge is -2.30. The maximum absolute atomic E-state index is 14.0. The molecular weight excluding hydrogens is 448 g/mol. The van der Waals surface area contributed by atoms with Crippen LogP contribution < -0.4 is 15.5 Å². The van der Waals surface area contributed by atoms with Crippen molar-refractivity contribution in [2.24, 2.45) is 11.8 Å². The molecule has 0 fully saturated rings. The lowest BCUT2D eigenvalue weighted by atomic mass is 10.1. The van der Waals surface area contributed by atoms with Crippen LogP contribution in [0.25, 0.3) is 0 Å². The van der Waals surface area contributed by atoms with Gasteiger partial charge in [0.1, 0.15) is 11.6 Å². The maximum Gasteiger partial charge on any atom is 0.323 e. The van der Waals surface area contributed by atoms with E-state index in [1.54, 1.807) is 6.07 Å². The summed E-state index contributed by atoms with van der Waals surface area (Å²) in [7, 11) is 1.33. The van der Waals surface area contributed by atoms with Crippen molar-refractivity contribution in [1.82, 2.24) is 0 Å². The molecule has 2 N–H and O–H groups in total. The summed E-state index contributed by atoms with van der Waals surface area (Å²) in [5, 5.41) is 5.21. The number of halogens is 2. The summed E-state index contributed by atoms with van der Waals surface area (Å²) in [5.74, 6) is -1.06. The number of ether oxygens (including phenoxy) is 1. The van der Waals surface area contributed by atoms with Crippen molar-refractivity contribution in [2.75, 3.05) is 41.5 Å². The zero-order valence-corrected chi connectivity index (χ0v) is 20.4. The first-order chi connectivity index (χ1) is 15.6. The minimum absolute atomic E-state index is 0.129. The molecule has 0 aliphatic heterocycles. The van der Waals surface area contributed by atoms with Crippen LogP contribution in [-0.2, 0) is 9.53 Å². The smallest absolute Gasteiger partial charge is 0.323 e. The third-order valence-electron chi connectivity index (χ3n) is 4.49. The number of hydrogen-bond donors (Lipinski definition) is 2. The fraction of sp³-hybridized carbons (Fsp3) is 0.417. The minimum atomic E-state index is -0.867. The van der Waals surface area contributed by atoms with Crippen LogP contribution in [0.15, 0.2) is 41.3 Å². The van der Waals surface area contributed by atoms with Gasteiger partial charge < -0.3 is 20.3 Å². The standard InChI is InChI=1S/C24H31F2N3O3S/c1-15(2)12-29(13-16(3)4)22-9-7-18(33-14-23(30)32-5)11-21(22)28-24(31)27-20-8-6-17(25)10-19(20)26/h6-11,15-16H,12-14H2,1-5H3,(H2,27,28,31). The highest BCUT2D eigenvalue weighted by atomic mass is 32.2. The Hall–Kier alpha value is -2.81. The molecule has 0 saturated heterocycles. The number of nitrogens with one attached hydrogen (secondary N) is 2. The molecule has 0 aliphatic rings. The van der Waals surface area contributed by atoms with E-state index in [1.807, 2.05) is 12.1 Å². The highest BCUT2D eigenvalue weighted by Crippen LogP contribution is 2.33. The van der Waals surface area contributed by atoms with Gasteiger partial charge in [0, 0.05) is 24.1 Å². The van der Waals surface area contributed by atoms with Crippen LogP contribution in [0.1, 0.15) is 27.7 Å². The Balaban J connectivity index is 2.34. The predicted octanol–water partition coefficient (Wildman–Crippen LogP) is 5.99. The molecule has 0 atom stereocenters. The molecule has 6 nitrogen and oxygen atoms in total. The number of benzene rings is 2. The Morgan fingerprint density at radius 3 is 2.18 bits per heavy atom. The van der Waals surface area contributed by atoms with Crippen molar-refractivity contribution < 1.29 is 23.1 Å². The number of hydrogen-bond acceptors (Lipinski definition) is 5. The summed E-state index contributed by atoms with van der Waals surface area (Å²) in [5.41, 5.74) is 1.20. The summed E-state index contributed by atoms with van der Waals surface area (Å²) in [6.45, 7) is 10.0. The molecule has 0 aliphatic carbocycles. The van der Waals surface area contributed by atoms with Gasteiger partial charge in [-0.2, -0.15) is 0 Å². The van der Waals surface area contributed by atoms with Crippen molar-refractivity contribution in [2.45, 2.75) is 32.6 Å². The van der Waals surface area contributed by atoms with Gasteiger partial charge in [-0.15, -0.1) is 11.8 Å². The molecule has 0 unspecified atom stereocenters. The second-order valence-electron chi connectivity index (χ2n) is 8.44. The molecule has 33 heavy (non-hydrogen) atoms. The second kappa shape index (κ2) is 12.4. The first-order valence-electron chi connectivity index (χ1n) is 10.7. The number of carbonyl (C=O) groups excluding carboxylic acids is 2. The molecule has 0 bridgehead atoms. The van der Waals surface area contributed by atoms with Gasteiger partial charge >= 0.3 is 12.0 Å². The number of methoxy groups -OCH3 is 1. The molecule has 2 aromatic carbocycles. The topological polar surface area (TPSA) is 70.7 Å². The van der Waals surface area contributed by atoms with Crippen LogP contribution in [0, 0.1) is 23.5 Å². The number of urea groups is 1. The monoisotopic (exact) mass is 479 g/mol. The Kier molecular flexibility index (Phi) is 9.96. The van der Waals surface area contributed by atoms with Gasteiger partial charge in [0.2, 0.25) is 0 Å². The number of carbonyl (C=O) groups is 2. The number of amides is 2. The highest BCUT2D eigenvalue weighted by Gasteiger charge is 2.18. The SMILES string of the molecule is COC(=O)CSc1ccc(N(CC(C)C)CC(C)C)c(NC(=O)Nc2ccc(F)cc2F)c1. The van der Waals surface area contributed by atoms with E-state index in [-0.39, 0.29) is 17.4 Å². The number of nitrogens with zero attached hydrogens (tertiary/aromatic N) is 1. The van der Waals surface area contributed by atoms with E-state index in [2.05, 4.69) is 43.2 Å². The zero-order valence-electron chi connectivity index (χ0n) is 19.6. The summed E-state index contributed by atoms with van der Waals surface area (Å²) >= 11 is 1.28. The van der Waals surface area contributed by atoms with E-state index >= 15 is 0 Å². The molecule has 0 spiro atoms. The van der Waals surface area contributed by atoms with Crippen LogP contribution in [0.3, 0.4) is 0 Å². The first kappa shape index (κ1) is 26.4. The Labute approximate surface area is 198 Å². The van der Waals surface area contributed by atoms with Crippen LogP contribution in [0.5, 0.6) is 0 Å². The van der Waals surface area contributed by atoms with Crippen molar-refractivity contribution in [1.29, 1.82) is 0 Å². The molecule has 180 valence electrons. The van der Waals surface area contributed by atoms with E-state index in [0.717, 1.165) is 35.8 Å². The van der Waals surface area contributed by atoms with Crippen molar-refractivity contribution in [3.63, 3.8) is 0 Å². The van der Waals surface area contributed by atoms with Crippen LogP contribution in [-0.4, -0.2) is 38.0 Å². The number of thioether (sulfide) groups is 1. The molecule has 2 amide bonds. The minimum Gasteiger partial charge on any atom is -0.468 e. The van der Waals surface area contributed by atoms with Crippen LogP contribution in [0.2, 0.25) is 0 Å².